The molecule has 3 nitrogen and oxygen atoms in total. The zero-order valence-electron chi connectivity index (χ0n) is 9.38. The van der Waals surface area contributed by atoms with Crippen LogP contribution in [0.3, 0.4) is 0 Å². The number of nitrogens with zero attached hydrogens (tertiary/aromatic N) is 1. The number of amides is 1. The van der Waals surface area contributed by atoms with Crippen LogP contribution < -0.4 is 5.32 Å². The second kappa shape index (κ2) is 5.64. The normalized spacial score (nSPS) is 11.9. The fraction of sp³-hybridized carbons (Fsp3) is 0.0769. The number of benzene rings is 1. The Kier molecular flexibility index (Phi) is 3.94. The molecule has 92 valence electrons. The van der Waals surface area contributed by atoms with Gasteiger partial charge in [-0.25, -0.2) is 9.37 Å². The Hall–Kier alpha value is -1.88. The summed E-state index contributed by atoms with van der Waals surface area (Å²) in [6, 6.07) is 10.9. The standard InChI is InChI=1S/C13H11FN2OS/c14-10-6-4-9(5-7-10)12(18)13(17)16-11-3-1-2-8-15-11/h1-8,12,18H,(H,15,16,17). The van der Waals surface area contributed by atoms with E-state index in [1.165, 1.54) is 24.3 Å². The molecule has 1 atom stereocenters. The summed E-state index contributed by atoms with van der Waals surface area (Å²) in [7, 11) is 0. The fourth-order valence-electron chi connectivity index (χ4n) is 1.43. The van der Waals surface area contributed by atoms with Gasteiger partial charge in [0.25, 0.3) is 0 Å². The second-order valence-corrected chi connectivity index (χ2v) is 4.17. The first-order chi connectivity index (χ1) is 8.66. The predicted molar refractivity (Wildman–Crippen MR) is 71.0 cm³/mol. The van der Waals surface area contributed by atoms with E-state index >= 15 is 0 Å². The van der Waals surface area contributed by atoms with Crippen molar-refractivity contribution in [1.82, 2.24) is 4.98 Å². The van der Waals surface area contributed by atoms with Crippen molar-refractivity contribution in [3.05, 3.63) is 60.0 Å². The lowest BCUT2D eigenvalue weighted by Crippen LogP contribution is -2.18. The Morgan fingerprint density at radius 1 is 1.22 bits per heavy atom. The number of thiol groups is 1. The average molecular weight is 262 g/mol. The number of hydrogen-bond acceptors (Lipinski definition) is 3. The quantitative estimate of drug-likeness (QED) is 0.835. The van der Waals surface area contributed by atoms with E-state index in [0.29, 0.717) is 11.4 Å². The van der Waals surface area contributed by atoms with E-state index in [2.05, 4.69) is 22.9 Å². The third kappa shape index (κ3) is 3.07. The zero-order valence-corrected chi connectivity index (χ0v) is 10.3. The van der Waals surface area contributed by atoms with Gasteiger partial charge in [0.1, 0.15) is 16.9 Å². The van der Waals surface area contributed by atoms with E-state index < -0.39 is 5.25 Å². The lowest BCUT2D eigenvalue weighted by molar-refractivity contribution is -0.115. The van der Waals surface area contributed by atoms with Crippen LogP contribution in [0.5, 0.6) is 0 Å². The van der Waals surface area contributed by atoms with E-state index in [0.717, 1.165) is 0 Å². The van der Waals surface area contributed by atoms with Gasteiger partial charge < -0.3 is 5.32 Å². The Labute approximate surface area is 109 Å². The molecule has 1 amide bonds. The van der Waals surface area contributed by atoms with Gasteiger partial charge in [0.15, 0.2) is 0 Å². The Morgan fingerprint density at radius 3 is 2.56 bits per heavy atom. The highest BCUT2D eigenvalue weighted by atomic mass is 32.1. The number of carbonyl (C=O) groups excluding carboxylic acids is 1. The van der Waals surface area contributed by atoms with Crippen molar-refractivity contribution in [3.8, 4) is 0 Å². The van der Waals surface area contributed by atoms with Crippen LogP contribution in [-0.4, -0.2) is 10.9 Å². The van der Waals surface area contributed by atoms with Gasteiger partial charge in [-0.1, -0.05) is 18.2 Å². The van der Waals surface area contributed by atoms with Crippen LogP contribution >= 0.6 is 12.6 Å². The van der Waals surface area contributed by atoms with Crippen LogP contribution in [0.15, 0.2) is 48.7 Å². The maximum Gasteiger partial charge on any atom is 0.242 e. The molecular formula is C13H11FN2OS. The van der Waals surface area contributed by atoms with E-state index in [1.54, 1.807) is 24.4 Å². The topological polar surface area (TPSA) is 42.0 Å². The number of anilines is 1. The lowest BCUT2D eigenvalue weighted by Gasteiger charge is -2.11. The van der Waals surface area contributed by atoms with Crippen molar-refractivity contribution in [3.63, 3.8) is 0 Å². The van der Waals surface area contributed by atoms with Crippen LogP contribution in [-0.2, 0) is 4.79 Å². The first kappa shape index (κ1) is 12.6. The summed E-state index contributed by atoms with van der Waals surface area (Å²) >= 11 is 4.22. The van der Waals surface area contributed by atoms with Gasteiger partial charge in [-0.05, 0) is 29.8 Å². The number of hydrogen-bond donors (Lipinski definition) is 2. The zero-order chi connectivity index (χ0) is 13.0. The van der Waals surface area contributed by atoms with Crippen molar-refractivity contribution in [2.45, 2.75) is 5.25 Å². The molecule has 2 aromatic rings. The summed E-state index contributed by atoms with van der Waals surface area (Å²) in [5.74, 6) is -0.184. The molecule has 2 rings (SSSR count). The third-order valence-electron chi connectivity index (χ3n) is 2.35. The van der Waals surface area contributed by atoms with Crippen LogP contribution in [0.1, 0.15) is 10.8 Å². The van der Waals surface area contributed by atoms with E-state index in [9.17, 15) is 9.18 Å². The molecule has 0 aliphatic carbocycles. The molecule has 0 aliphatic rings. The fourth-order valence-corrected chi connectivity index (χ4v) is 1.66. The SMILES string of the molecule is O=C(Nc1ccccn1)C(S)c1ccc(F)cc1. The van der Waals surface area contributed by atoms with Crippen molar-refractivity contribution in [2.75, 3.05) is 5.32 Å². The average Bonchev–Trinajstić information content (AvgIpc) is 2.40. The largest absolute Gasteiger partial charge is 0.309 e. The third-order valence-corrected chi connectivity index (χ3v) is 2.88. The molecule has 1 unspecified atom stereocenters. The number of pyridine rings is 1. The van der Waals surface area contributed by atoms with Crippen LogP contribution in [0.4, 0.5) is 10.2 Å². The van der Waals surface area contributed by atoms with E-state index in [-0.39, 0.29) is 11.7 Å². The molecule has 1 heterocycles. The van der Waals surface area contributed by atoms with Gasteiger partial charge in [-0.3, -0.25) is 4.79 Å². The summed E-state index contributed by atoms with van der Waals surface area (Å²) in [5, 5.41) is 1.97. The number of aromatic nitrogens is 1. The summed E-state index contributed by atoms with van der Waals surface area (Å²) in [4.78, 5) is 15.9. The van der Waals surface area contributed by atoms with Gasteiger partial charge in [0.2, 0.25) is 5.91 Å². The highest BCUT2D eigenvalue weighted by molar-refractivity contribution is 7.81. The van der Waals surface area contributed by atoms with Crippen molar-refractivity contribution < 1.29 is 9.18 Å². The number of carbonyl (C=O) groups is 1. The molecule has 0 spiro atoms. The molecule has 0 saturated heterocycles. The number of rotatable bonds is 3. The number of halogens is 1. The van der Waals surface area contributed by atoms with Gasteiger partial charge in [-0.15, -0.1) is 0 Å². The maximum atomic E-state index is 12.8. The van der Waals surface area contributed by atoms with Crippen LogP contribution in [0.2, 0.25) is 0 Å². The van der Waals surface area contributed by atoms with E-state index in [4.69, 9.17) is 0 Å². The van der Waals surface area contributed by atoms with Crippen molar-refractivity contribution in [1.29, 1.82) is 0 Å². The number of nitrogens with one attached hydrogen (secondary N) is 1. The van der Waals surface area contributed by atoms with Gasteiger partial charge >= 0.3 is 0 Å². The highest BCUT2D eigenvalue weighted by Gasteiger charge is 2.16. The monoisotopic (exact) mass is 262 g/mol. The summed E-state index contributed by atoms with van der Waals surface area (Å²) in [6.45, 7) is 0. The highest BCUT2D eigenvalue weighted by Crippen LogP contribution is 2.21. The molecule has 5 heteroatoms. The molecular weight excluding hydrogens is 251 g/mol. The Morgan fingerprint density at radius 2 is 1.94 bits per heavy atom. The van der Waals surface area contributed by atoms with Gasteiger partial charge in [0.05, 0.1) is 0 Å². The molecule has 0 radical (unpaired) electrons. The second-order valence-electron chi connectivity index (χ2n) is 3.66. The summed E-state index contributed by atoms with van der Waals surface area (Å²) < 4.78 is 12.8. The first-order valence-electron chi connectivity index (χ1n) is 5.32. The maximum absolute atomic E-state index is 12.8. The summed E-state index contributed by atoms with van der Waals surface area (Å²) in [5.41, 5.74) is 0.633. The molecule has 0 saturated carbocycles. The summed E-state index contributed by atoms with van der Waals surface area (Å²) in [6.07, 6.45) is 1.58. The van der Waals surface area contributed by atoms with E-state index in [1.807, 2.05) is 0 Å². The molecule has 0 fully saturated rings. The minimum absolute atomic E-state index is 0.302. The molecule has 18 heavy (non-hydrogen) atoms. The van der Waals surface area contributed by atoms with Gasteiger partial charge in [-0.2, -0.15) is 12.6 Å². The molecule has 1 aromatic carbocycles. The predicted octanol–water partition coefficient (Wildman–Crippen LogP) is 2.83. The molecule has 0 aliphatic heterocycles. The first-order valence-corrected chi connectivity index (χ1v) is 5.84. The minimum Gasteiger partial charge on any atom is -0.309 e. The minimum atomic E-state index is -0.660. The molecule has 0 bridgehead atoms. The van der Waals surface area contributed by atoms with Crippen LogP contribution in [0, 0.1) is 5.82 Å². The lowest BCUT2D eigenvalue weighted by atomic mass is 10.1. The Bertz CT molecular complexity index is 530. The smallest absolute Gasteiger partial charge is 0.242 e. The Balaban J connectivity index is 2.07. The molecule has 1 N–H and O–H groups in total. The van der Waals surface area contributed by atoms with Gasteiger partial charge in [0, 0.05) is 6.20 Å². The van der Waals surface area contributed by atoms with Crippen LogP contribution in [0.25, 0.3) is 0 Å². The van der Waals surface area contributed by atoms with Crippen molar-refractivity contribution >= 4 is 24.4 Å². The molecule has 1 aromatic heterocycles. The van der Waals surface area contributed by atoms with Crippen molar-refractivity contribution in [2.24, 2.45) is 0 Å².